The predicted octanol–water partition coefficient (Wildman–Crippen LogP) is 21.7. The first-order valence-electron chi connectivity index (χ1n) is 28.2. The van der Waals surface area contributed by atoms with E-state index in [1.165, 1.54) is 104 Å². The summed E-state index contributed by atoms with van der Waals surface area (Å²) in [5.74, 6) is -0.0426. The van der Waals surface area contributed by atoms with Crippen LogP contribution in [0.3, 0.4) is 0 Å². The van der Waals surface area contributed by atoms with Crippen molar-refractivity contribution in [2.45, 2.75) is 12.3 Å². The van der Waals surface area contributed by atoms with Gasteiger partial charge in [0.1, 0.15) is 0 Å². The third-order valence-corrected chi connectivity index (χ3v) is 16.5. The molecule has 0 saturated heterocycles. The number of fused-ring (bicyclic) bond motifs is 1. The number of pyridine rings is 2. The molecule has 386 valence electrons. The molecule has 0 aliphatic rings. The van der Waals surface area contributed by atoms with Gasteiger partial charge >= 0.3 is 0 Å². The standard InChI is InChI=1S/C80H56N2/c1-53(37-38-65-63-35-21-22-36-64(63)71(56-25-11-4-12-26-56)50-72(65)57-27-13-5-14-28-57)70(55-23-9-3-10-24-55)47-54(2)61-43-45-81-77(48-61)78-49-62(44-46-82-78)76-52-75(60-33-19-8-20-34-60)68-40-39-66-73(58-29-15-6-16-30-58)51-74(59-31-17-7-18-32-59)67-41-42-69(76)80(68)79(66)67/h3-46,48-52,70H,1-2,47H2/b38-37-. The Morgan fingerprint density at radius 3 is 1.21 bits per heavy atom. The molecule has 0 saturated carbocycles. The van der Waals surface area contributed by atoms with Crippen LogP contribution in [0.5, 0.6) is 0 Å². The van der Waals surface area contributed by atoms with Gasteiger partial charge in [0.2, 0.25) is 0 Å². The zero-order chi connectivity index (χ0) is 54.9. The monoisotopic (exact) mass is 1040 g/mol. The Balaban J connectivity index is 0.839. The number of hydrogen-bond acceptors (Lipinski definition) is 2. The van der Waals surface area contributed by atoms with Gasteiger partial charge in [0.25, 0.3) is 0 Å². The van der Waals surface area contributed by atoms with Gasteiger partial charge in [-0.3, -0.25) is 9.97 Å². The normalized spacial score (nSPS) is 12.0. The van der Waals surface area contributed by atoms with E-state index >= 15 is 0 Å². The molecule has 2 heteroatoms. The second-order valence-corrected chi connectivity index (χ2v) is 21.3. The van der Waals surface area contributed by atoms with E-state index in [0.29, 0.717) is 6.42 Å². The minimum atomic E-state index is -0.0426. The molecule has 2 nitrogen and oxygen atoms in total. The molecule has 0 amide bonds. The van der Waals surface area contributed by atoms with Gasteiger partial charge in [0.05, 0.1) is 11.4 Å². The highest BCUT2D eigenvalue weighted by molar-refractivity contribution is 6.32. The van der Waals surface area contributed by atoms with Gasteiger partial charge in [0.15, 0.2) is 0 Å². The Hall–Kier alpha value is -10.5. The fraction of sp³-hybridized carbons (Fsp3) is 0.0250. The lowest BCUT2D eigenvalue weighted by Crippen LogP contribution is -2.02. The summed E-state index contributed by atoms with van der Waals surface area (Å²) in [4.78, 5) is 10.0. The van der Waals surface area contributed by atoms with Gasteiger partial charge in [0, 0.05) is 18.3 Å². The van der Waals surface area contributed by atoms with Crippen LogP contribution in [0, 0.1) is 0 Å². The van der Waals surface area contributed by atoms with E-state index in [0.717, 1.165) is 44.8 Å². The van der Waals surface area contributed by atoms with Crippen molar-refractivity contribution in [3.05, 3.63) is 327 Å². The molecular weight excluding hydrogens is 989 g/mol. The van der Waals surface area contributed by atoms with Gasteiger partial charge in [-0.25, -0.2) is 0 Å². The number of benzene rings is 12. The van der Waals surface area contributed by atoms with Crippen LogP contribution in [-0.2, 0) is 0 Å². The first-order valence-corrected chi connectivity index (χ1v) is 28.2. The van der Waals surface area contributed by atoms with Crippen LogP contribution >= 0.6 is 0 Å². The average molecular weight is 1050 g/mol. The van der Waals surface area contributed by atoms with Crippen molar-refractivity contribution in [1.82, 2.24) is 9.97 Å². The molecule has 0 aliphatic carbocycles. The molecule has 0 spiro atoms. The summed E-state index contributed by atoms with van der Waals surface area (Å²) < 4.78 is 0. The quantitative estimate of drug-likeness (QED) is 0.0801. The summed E-state index contributed by atoms with van der Waals surface area (Å²) in [5.41, 5.74) is 21.1. The second-order valence-electron chi connectivity index (χ2n) is 21.3. The summed E-state index contributed by atoms with van der Waals surface area (Å²) in [6, 6.07) is 98.4. The Labute approximate surface area is 479 Å². The summed E-state index contributed by atoms with van der Waals surface area (Å²) in [6.07, 6.45) is 8.98. The highest BCUT2D eigenvalue weighted by Crippen LogP contribution is 2.49. The molecule has 0 radical (unpaired) electrons. The molecule has 82 heavy (non-hydrogen) atoms. The third kappa shape index (κ3) is 9.26. The third-order valence-electron chi connectivity index (χ3n) is 16.5. The Morgan fingerprint density at radius 2 is 0.720 bits per heavy atom. The largest absolute Gasteiger partial charge is 0.255 e. The van der Waals surface area contributed by atoms with Crippen LogP contribution in [-0.4, -0.2) is 9.97 Å². The number of aromatic nitrogens is 2. The van der Waals surface area contributed by atoms with Crippen LogP contribution in [0.4, 0.5) is 0 Å². The van der Waals surface area contributed by atoms with Gasteiger partial charge in [-0.2, -0.15) is 0 Å². The molecular formula is C80H56N2. The predicted molar refractivity (Wildman–Crippen MR) is 349 cm³/mol. The number of hydrogen-bond donors (Lipinski definition) is 0. The Bertz CT molecular complexity index is 4640. The van der Waals surface area contributed by atoms with E-state index in [4.69, 9.17) is 23.1 Å². The molecule has 1 atom stereocenters. The SMILES string of the molecule is C=C(CC(C(=C)/C=C\c1c(-c2ccccc2)cc(-c2ccccc2)c2ccccc12)c1ccccc1)c1ccnc(-c2cc(-c3cc(-c4ccccc4)c4ccc5c(-c6ccccc6)cc(-c6ccccc6)c6ccc3c4c56)ccn2)c1. The molecule has 14 aromatic rings. The molecule has 0 N–H and O–H groups in total. The molecule has 2 heterocycles. The maximum Gasteiger partial charge on any atom is 0.0892 e. The van der Waals surface area contributed by atoms with E-state index < -0.39 is 0 Å². The second kappa shape index (κ2) is 21.6. The van der Waals surface area contributed by atoms with Crippen molar-refractivity contribution >= 4 is 54.7 Å². The minimum absolute atomic E-state index is 0.0426. The molecule has 14 rings (SSSR count). The fourth-order valence-electron chi connectivity index (χ4n) is 12.4. The lowest BCUT2D eigenvalue weighted by molar-refractivity contribution is 0.845. The summed E-state index contributed by atoms with van der Waals surface area (Å²) in [7, 11) is 0. The van der Waals surface area contributed by atoms with Gasteiger partial charge in [-0.05, 0) is 187 Å². The van der Waals surface area contributed by atoms with Crippen molar-refractivity contribution < 1.29 is 0 Å². The molecule has 1 unspecified atom stereocenters. The van der Waals surface area contributed by atoms with Crippen LogP contribution < -0.4 is 0 Å². The minimum Gasteiger partial charge on any atom is -0.255 e. The zero-order valence-corrected chi connectivity index (χ0v) is 45.4. The van der Waals surface area contributed by atoms with E-state index in [-0.39, 0.29) is 5.92 Å². The molecule has 2 aromatic heterocycles. The summed E-state index contributed by atoms with van der Waals surface area (Å²) in [5, 5.41) is 9.82. The lowest BCUT2D eigenvalue weighted by atomic mass is 9.82. The van der Waals surface area contributed by atoms with E-state index in [1.54, 1.807) is 0 Å². The zero-order valence-electron chi connectivity index (χ0n) is 45.4. The van der Waals surface area contributed by atoms with Gasteiger partial charge in [-0.1, -0.05) is 256 Å². The maximum absolute atomic E-state index is 5.02. The van der Waals surface area contributed by atoms with Crippen molar-refractivity contribution in [1.29, 1.82) is 0 Å². The van der Waals surface area contributed by atoms with Crippen molar-refractivity contribution in [2.24, 2.45) is 0 Å². The van der Waals surface area contributed by atoms with Gasteiger partial charge in [-0.15, -0.1) is 0 Å². The Kier molecular flexibility index (Phi) is 13.1. The first-order chi connectivity index (χ1) is 40.5. The lowest BCUT2D eigenvalue weighted by Gasteiger charge is -2.21. The number of allylic oxidation sites excluding steroid dienone is 3. The first kappa shape index (κ1) is 49.7. The molecule has 0 bridgehead atoms. The van der Waals surface area contributed by atoms with Crippen molar-refractivity contribution in [3.63, 3.8) is 0 Å². The summed E-state index contributed by atoms with van der Waals surface area (Å²) >= 11 is 0. The van der Waals surface area contributed by atoms with Crippen molar-refractivity contribution in [2.75, 3.05) is 0 Å². The molecule has 0 aliphatic heterocycles. The van der Waals surface area contributed by atoms with Crippen molar-refractivity contribution in [3.8, 4) is 78.1 Å². The fourth-order valence-corrected chi connectivity index (χ4v) is 12.4. The van der Waals surface area contributed by atoms with E-state index in [1.807, 2.05) is 12.4 Å². The molecule has 0 fully saturated rings. The maximum atomic E-state index is 5.02. The number of rotatable bonds is 14. The topological polar surface area (TPSA) is 25.8 Å². The average Bonchev–Trinajstić information content (AvgIpc) is 1.91. The Morgan fingerprint density at radius 1 is 0.341 bits per heavy atom. The van der Waals surface area contributed by atoms with Crippen LogP contribution in [0.2, 0.25) is 0 Å². The highest BCUT2D eigenvalue weighted by Gasteiger charge is 2.23. The van der Waals surface area contributed by atoms with Crippen LogP contribution in [0.15, 0.2) is 310 Å². The summed E-state index contributed by atoms with van der Waals surface area (Å²) in [6.45, 7) is 9.58. The van der Waals surface area contributed by atoms with Gasteiger partial charge < -0.3 is 0 Å². The van der Waals surface area contributed by atoms with Crippen LogP contribution in [0.25, 0.3) is 133 Å². The number of nitrogens with zero attached hydrogens (tertiary/aromatic N) is 2. The van der Waals surface area contributed by atoms with E-state index in [9.17, 15) is 0 Å². The van der Waals surface area contributed by atoms with E-state index in [2.05, 4.69) is 285 Å². The smallest absolute Gasteiger partial charge is 0.0892 e. The van der Waals surface area contributed by atoms with Crippen LogP contribution in [0.1, 0.15) is 29.0 Å². The highest BCUT2D eigenvalue weighted by atomic mass is 14.8. The molecule has 12 aromatic carbocycles.